The van der Waals surface area contributed by atoms with Crippen molar-refractivity contribution in [1.82, 2.24) is 10.3 Å². The first-order chi connectivity index (χ1) is 14.7. The summed E-state index contributed by atoms with van der Waals surface area (Å²) < 4.78 is 5.80. The fourth-order valence-electron chi connectivity index (χ4n) is 3.03. The van der Waals surface area contributed by atoms with Gasteiger partial charge in [0.1, 0.15) is 5.75 Å². The fourth-order valence-corrected chi connectivity index (χ4v) is 3.03. The van der Waals surface area contributed by atoms with Gasteiger partial charge in [0.05, 0.1) is 30.0 Å². The smallest absolute Gasteiger partial charge is 0.253 e. The Bertz CT molecular complexity index is 817. The van der Waals surface area contributed by atoms with Gasteiger partial charge in [0.2, 0.25) is 0 Å². The number of benzene rings is 1. The molecule has 2 heterocycles. The van der Waals surface area contributed by atoms with Gasteiger partial charge in [0.25, 0.3) is 5.91 Å². The second-order valence-corrected chi connectivity index (χ2v) is 6.28. The van der Waals surface area contributed by atoms with E-state index in [2.05, 4.69) is 10.3 Å². The summed E-state index contributed by atoms with van der Waals surface area (Å²) in [4.78, 5) is 17.2. The molecule has 3 rings (SSSR count). The lowest BCUT2D eigenvalue weighted by Crippen LogP contribution is -2.43. The molecule has 1 unspecified atom stereocenters. The maximum Gasteiger partial charge on any atom is 0.253 e. The van der Waals surface area contributed by atoms with Crippen LogP contribution in [-0.2, 0) is 0 Å². The average Bonchev–Trinajstić information content (AvgIpc) is 2.82. The maximum atomic E-state index is 12.8. The van der Waals surface area contributed by atoms with Gasteiger partial charge in [-0.1, -0.05) is 46.2 Å². The van der Waals surface area contributed by atoms with E-state index >= 15 is 0 Å². The van der Waals surface area contributed by atoms with Crippen molar-refractivity contribution in [3.63, 3.8) is 0 Å². The van der Waals surface area contributed by atoms with Gasteiger partial charge in [-0.05, 0) is 43.5 Å². The van der Waals surface area contributed by atoms with Crippen molar-refractivity contribution in [2.45, 2.75) is 65.5 Å². The number of carbonyl (C=O) groups excluding carboxylic acids is 1. The molecule has 1 amide bonds. The van der Waals surface area contributed by atoms with Crippen molar-refractivity contribution < 1.29 is 14.6 Å². The second kappa shape index (κ2) is 14.1. The minimum atomic E-state index is -1.24. The fraction of sp³-hybridized carbons (Fsp3) is 0.458. The number of nitrogens with one attached hydrogen (secondary N) is 1. The zero-order chi connectivity index (χ0) is 22.4. The normalized spacial score (nSPS) is 16.9. The highest BCUT2D eigenvalue weighted by atomic mass is 16.5. The first kappa shape index (κ1) is 25.1. The number of amides is 1. The Hall–Kier alpha value is -2.91. The van der Waals surface area contributed by atoms with Gasteiger partial charge in [-0.3, -0.25) is 9.78 Å². The SMILES string of the molecule is CC.CC.N#CC(O)[C@@H]1CCCCCOc2cccc(c2)-c2ncccc2C(=O)N1. The molecule has 30 heavy (non-hydrogen) atoms. The number of ether oxygens (including phenoxy) is 1. The molecule has 2 bridgehead atoms. The highest BCUT2D eigenvalue weighted by molar-refractivity contribution is 6.00. The van der Waals surface area contributed by atoms with E-state index in [1.165, 1.54) is 0 Å². The zero-order valence-corrected chi connectivity index (χ0v) is 18.4. The Balaban J connectivity index is 0.00000106. The van der Waals surface area contributed by atoms with Crippen LogP contribution < -0.4 is 10.1 Å². The van der Waals surface area contributed by atoms with Gasteiger partial charge < -0.3 is 15.2 Å². The Kier molecular flexibility index (Phi) is 11.8. The van der Waals surface area contributed by atoms with Crippen LogP contribution in [0.15, 0.2) is 42.6 Å². The van der Waals surface area contributed by atoms with Crippen molar-refractivity contribution in [1.29, 1.82) is 5.26 Å². The number of aromatic nitrogens is 1. The van der Waals surface area contributed by atoms with Gasteiger partial charge in [0.15, 0.2) is 6.10 Å². The summed E-state index contributed by atoms with van der Waals surface area (Å²) in [6, 6.07) is 12.1. The lowest BCUT2D eigenvalue weighted by atomic mass is 10.0. The molecule has 6 nitrogen and oxygen atoms in total. The third kappa shape index (κ3) is 7.16. The number of aliphatic hydroxyl groups excluding tert-OH is 1. The van der Waals surface area contributed by atoms with E-state index < -0.39 is 12.1 Å². The molecule has 0 saturated carbocycles. The average molecular weight is 412 g/mol. The first-order valence-electron chi connectivity index (χ1n) is 10.8. The molecule has 0 spiro atoms. The number of rotatable bonds is 1. The van der Waals surface area contributed by atoms with E-state index in [0.717, 1.165) is 30.6 Å². The summed E-state index contributed by atoms with van der Waals surface area (Å²) in [5.41, 5.74) is 1.72. The zero-order valence-electron chi connectivity index (χ0n) is 18.4. The standard InChI is InChI=1S/C20H21N3O3.2C2H6/c21-13-18(24)17-9-2-1-3-11-26-15-7-4-6-14(12-15)19-16(20(25)23-17)8-5-10-22-19;2*1-2/h4-8,10,12,17-18,24H,1-3,9,11H2,(H,23,25);2*1-2H3/t17-,18?;;/m0../s1. The largest absolute Gasteiger partial charge is 0.494 e. The molecule has 0 aliphatic carbocycles. The number of nitrogens with zero attached hydrogens (tertiary/aromatic N) is 2. The minimum Gasteiger partial charge on any atom is -0.494 e. The van der Waals surface area contributed by atoms with Gasteiger partial charge >= 0.3 is 0 Å². The molecular weight excluding hydrogens is 378 g/mol. The second-order valence-electron chi connectivity index (χ2n) is 6.28. The molecule has 1 aliphatic heterocycles. The molecule has 1 aromatic carbocycles. The summed E-state index contributed by atoms with van der Waals surface area (Å²) in [6.45, 7) is 8.59. The predicted octanol–water partition coefficient (Wildman–Crippen LogP) is 4.74. The number of hydrogen-bond donors (Lipinski definition) is 2. The van der Waals surface area contributed by atoms with Crippen LogP contribution in [0, 0.1) is 11.3 Å². The van der Waals surface area contributed by atoms with Gasteiger partial charge in [-0.25, -0.2) is 0 Å². The lowest BCUT2D eigenvalue weighted by Gasteiger charge is -2.21. The Morgan fingerprint density at radius 3 is 2.67 bits per heavy atom. The number of aliphatic hydroxyl groups is 1. The molecule has 0 saturated heterocycles. The quantitative estimate of drug-likeness (QED) is 0.661. The maximum absolute atomic E-state index is 12.8. The molecular formula is C24H33N3O3. The highest BCUT2D eigenvalue weighted by Gasteiger charge is 2.23. The third-order valence-corrected chi connectivity index (χ3v) is 4.42. The molecule has 1 aromatic heterocycles. The van der Waals surface area contributed by atoms with Crippen molar-refractivity contribution in [2.75, 3.05) is 6.61 Å². The molecule has 2 aromatic rings. The Morgan fingerprint density at radius 1 is 1.17 bits per heavy atom. The summed E-state index contributed by atoms with van der Waals surface area (Å²) in [5.74, 6) is 0.394. The predicted molar refractivity (Wildman–Crippen MR) is 119 cm³/mol. The number of nitriles is 1. The van der Waals surface area contributed by atoms with Crippen LogP contribution in [0.1, 0.15) is 63.7 Å². The van der Waals surface area contributed by atoms with E-state index in [4.69, 9.17) is 10.00 Å². The number of fused-ring (bicyclic) bond motifs is 4. The van der Waals surface area contributed by atoms with Crippen LogP contribution in [0.25, 0.3) is 11.3 Å². The van der Waals surface area contributed by atoms with Crippen LogP contribution in [-0.4, -0.2) is 34.8 Å². The summed E-state index contributed by atoms with van der Waals surface area (Å²) in [7, 11) is 0. The van der Waals surface area contributed by atoms with Crippen molar-refractivity contribution >= 4 is 5.91 Å². The number of carbonyl (C=O) groups is 1. The summed E-state index contributed by atoms with van der Waals surface area (Å²) in [6.07, 6.45) is 3.45. The summed E-state index contributed by atoms with van der Waals surface area (Å²) >= 11 is 0. The molecule has 6 heteroatoms. The van der Waals surface area contributed by atoms with E-state index in [1.54, 1.807) is 18.3 Å². The number of hydrogen-bond acceptors (Lipinski definition) is 5. The van der Waals surface area contributed by atoms with Gasteiger partial charge in [0, 0.05) is 11.8 Å². The molecule has 162 valence electrons. The first-order valence-corrected chi connectivity index (χ1v) is 10.8. The summed E-state index contributed by atoms with van der Waals surface area (Å²) in [5, 5.41) is 21.8. The number of pyridine rings is 1. The van der Waals surface area contributed by atoms with Crippen molar-refractivity contribution in [3.05, 3.63) is 48.2 Å². The molecule has 1 aliphatic rings. The molecule has 0 radical (unpaired) electrons. The van der Waals surface area contributed by atoms with Gasteiger partial charge in [-0.15, -0.1) is 0 Å². The highest BCUT2D eigenvalue weighted by Crippen LogP contribution is 2.26. The van der Waals surface area contributed by atoms with Gasteiger partial charge in [-0.2, -0.15) is 5.26 Å². The molecule has 0 fully saturated rings. The van der Waals surface area contributed by atoms with E-state index in [-0.39, 0.29) is 5.91 Å². The third-order valence-electron chi connectivity index (χ3n) is 4.42. The van der Waals surface area contributed by atoms with Crippen LogP contribution in [0.2, 0.25) is 0 Å². The van der Waals surface area contributed by atoms with Crippen LogP contribution in [0.3, 0.4) is 0 Å². The molecule has 2 atom stereocenters. The van der Waals surface area contributed by atoms with E-state index in [9.17, 15) is 9.90 Å². The van der Waals surface area contributed by atoms with Crippen molar-refractivity contribution in [3.8, 4) is 23.1 Å². The lowest BCUT2D eigenvalue weighted by molar-refractivity contribution is 0.0881. The molecule has 2 N–H and O–H groups in total. The van der Waals surface area contributed by atoms with E-state index in [1.807, 2.05) is 58.0 Å². The van der Waals surface area contributed by atoms with Crippen LogP contribution in [0.4, 0.5) is 0 Å². The van der Waals surface area contributed by atoms with Crippen molar-refractivity contribution in [2.24, 2.45) is 0 Å². The Labute approximate surface area is 179 Å². The topological polar surface area (TPSA) is 95.2 Å². The van der Waals surface area contributed by atoms with Crippen LogP contribution in [0.5, 0.6) is 5.75 Å². The monoisotopic (exact) mass is 411 g/mol. The van der Waals surface area contributed by atoms with E-state index in [0.29, 0.717) is 24.3 Å². The minimum absolute atomic E-state index is 0.351. The van der Waals surface area contributed by atoms with Crippen LogP contribution >= 0.6 is 0 Å². The Morgan fingerprint density at radius 2 is 1.93 bits per heavy atom.